The van der Waals surface area contributed by atoms with Crippen LogP contribution in [0.15, 0.2) is 48.5 Å². The summed E-state index contributed by atoms with van der Waals surface area (Å²) >= 11 is 6.76. The van der Waals surface area contributed by atoms with Gasteiger partial charge in [-0.3, -0.25) is 9.69 Å². The van der Waals surface area contributed by atoms with E-state index in [0.29, 0.717) is 16.6 Å². The second kappa shape index (κ2) is 6.60. The number of anilines is 2. The first-order valence-corrected chi connectivity index (χ1v) is 8.49. The summed E-state index contributed by atoms with van der Waals surface area (Å²) in [5.74, 6) is 0.138. The lowest BCUT2D eigenvalue weighted by Crippen LogP contribution is -2.34. The minimum Gasteiger partial charge on any atom is -0.506 e. The SMILES string of the molecule is Cc1ccccc1N1C(=O)C(CNc2ccccc2O)SC1=S. The van der Waals surface area contributed by atoms with Crippen molar-refractivity contribution < 1.29 is 9.90 Å². The van der Waals surface area contributed by atoms with Crippen molar-refractivity contribution in [1.29, 1.82) is 0 Å². The number of aromatic hydroxyl groups is 1. The van der Waals surface area contributed by atoms with Crippen LogP contribution in [0, 0.1) is 6.92 Å². The van der Waals surface area contributed by atoms with Gasteiger partial charge in [-0.05, 0) is 30.7 Å². The molecule has 2 aromatic rings. The van der Waals surface area contributed by atoms with Crippen molar-refractivity contribution in [2.45, 2.75) is 12.2 Å². The highest BCUT2D eigenvalue weighted by atomic mass is 32.2. The quantitative estimate of drug-likeness (QED) is 0.656. The topological polar surface area (TPSA) is 52.6 Å². The Balaban J connectivity index is 1.74. The standard InChI is InChI=1S/C17H16N2O2S2/c1-11-6-2-4-8-13(11)19-16(21)15(23-17(19)22)10-18-12-7-3-5-9-14(12)20/h2-9,15,18,20H,10H2,1H3. The van der Waals surface area contributed by atoms with E-state index in [1.54, 1.807) is 23.1 Å². The highest BCUT2D eigenvalue weighted by molar-refractivity contribution is 8.25. The number of phenols is 1. The first-order chi connectivity index (χ1) is 11.1. The van der Waals surface area contributed by atoms with Crippen LogP contribution in [0.5, 0.6) is 5.75 Å². The second-order valence-electron chi connectivity index (χ2n) is 5.23. The lowest BCUT2D eigenvalue weighted by molar-refractivity contribution is -0.116. The lowest BCUT2D eigenvalue weighted by atomic mass is 10.2. The molecule has 0 spiro atoms. The number of carbonyl (C=O) groups excluding carboxylic acids is 1. The number of nitrogens with zero attached hydrogens (tertiary/aromatic N) is 1. The van der Waals surface area contributed by atoms with Crippen molar-refractivity contribution in [3.63, 3.8) is 0 Å². The van der Waals surface area contributed by atoms with Gasteiger partial charge in [-0.2, -0.15) is 0 Å². The third-order valence-electron chi connectivity index (χ3n) is 3.66. The van der Waals surface area contributed by atoms with Gasteiger partial charge in [0, 0.05) is 6.54 Å². The number of thioether (sulfide) groups is 1. The molecular weight excluding hydrogens is 328 g/mol. The summed E-state index contributed by atoms with van der Waals surface area (Å²) in [4.78, 5) is 14.3. The van der Waals surface area contributed by atoms with E-state index in [9.17, 15) is 9.90 Å². The van der Waals surface area contributed by atoms with Crippen LogP contribution in [0.3, 0.4) is 0 Å². The predicted molar refractivity (Wildman–Crippen MR) is 99.2 cm³/mol. The molecule has 1 atom stereocenters. The first-order valence-electron chi connectivity index (χ1n) is 7.20. The van der Waals surface area contributed by atoms with E-state index in [-0.39, 0.29) is 16.9 Å². The van der Waals surface area contributed by atoms with Gasteiger partial charge < -0.3 is 10.4 Å². The minimum atomic E-state index is -0.304. The number of benzene rings is 2. The van der Waals surface area contributed by atoms with Gasteiger partial charge in [-0.15, -0.1) is 0 Å². The number of nitrogens with one attached hydrogen (secondary N) is 1. The van der Waals surface area contributed by atoms with Crippen LogP contribution in [0.4, 0.5) is 11.4 Å². The molecule has 1 fully saturated rings. The number of hydrogen-bond donors (Lipinski definition) is 2. The largest absolute Gasteiger partial charge is 0.506 e. The van der Waals surface area contributed by atoms with E-state index < -0.39 is 0 Å². The fourth-order valence-electron chi connectivity index (χ4n) is 2.44. The van der Waals surface area contributed by atoms with Crippen LogP contribution in [-0.2, 0) is 4.79 Å². The molecule has 6 heteroatoms. The number of aryl methyl sites for hydroxylation is 1. The first kappa shape index (κ1) is 15.8. The molecule has 3 rings (SSSR count). The van der Waals surface area contributed by atoms with Crippen molar-refractivity contribution in [3.8, 4) is 5.75 Å². The van der Waals surface area contributed by atoms with Gasteiger partial charge >= 0.3 is 0 Å². The molecule has 1 saturated heterocycles. The van der Waals surface area contributed by atoms with Crippen LogP contribution in [0.25, 0.3) is 0 Å². The summed E-state index contributed by atoms with van der Waals surface area (Å²) in [6, 6.07) is 14.7. The number of phenolic OH excluding ortho intramolecular Hbond substituents is 1. The molecule has 1 heterocycles. The van der Waals surface area contributed by atoms with E-state index in [1.807, 2.05) is 37.3 Å². The average Bonchev–Trinajstić information content (AvgIpc) is 2.82. The monoisotopic (exact) mass is 344 g/mol. The summed E-state index contributed by atoms with van der Waals surface area (Å²) in [6.07, 6.45) is 0. The number of rotatable bonds is 4. The smallest absolute Gasteiger partial charge is 0.247 e. The maximum absolute atomic E-state index is 12.7. The van der Waals surface area contributed by atoms with Gasteiger partial charge in [0.1, 0.15) is 15.3 Å². The van der Waals surface area contributed by atoms with Crippen LogP contribution in [0.2, 0.25) is 0 Å². The fourth-order valence-corrected chi connectivity index (χ4v) is 3.89. The van der Waals surface area contributed by atoms with Crippen LogP contribution < -0.4 is 10.2 Å². The molecule has 1 aliphatic heterocycles. The van der Waals surface area contributed by atoms with Crippen molar-refractivity contribution in [2.24, 2.45) is 0 Å². The van der Waals surface area contributed by atoms with Gasteiger partial charge in [0.05, 0.1) is 11.4 Å². The molecule has 1 unspecified atom stereocenters. The number of amides is 1. The second-order valence-corrected chi connectivity index (χ2v) is 7.07. The molecular formula is C17H16N2O2S2. The van der Waals surface area contributed by atoms with E-state index in [1.165, 1.54) is 11.8 Å². The third-order valence-corrected chi connectivity index (χ3v) is 5.17. The minimum absolute atomic E-state index is 0.0304. The molecule has 0 saturated carbocycles. The summed E-state index contributed by atoms with van der Waals surface area (Å²) in [7, 11) is 0. The number of carbonyl (C=O) groups is 1. The molecule has 0 aromatic heterocycles. The van der Waals surface area contributed by atoms with Crippen molar-refractivity contribution in [1.82, 2.24) is 0 Å². The molecule has 118 valence electrons. The molecule has 1 aliphatic rings. The van der Waals surface area contributed by atoms with Gasteiger partial charge in [-0.1, -0.05) is 54.3 Å². The van der Waals surface area contributed by atoms with Crippen LogP contribution >= 0.6 is 24.0 Å². The Labute approximate surface area is 144 Å². The van der Waals surface area contributed by atoms with Crippen molar-refractivity contribution in [3.05, 3.63) is 54.1 Å². The zero-order valence-electron chi connectivity index (χ0n) is 12.5. The molecule has 1 amide bonds. The highest BCUT2D eigenvalue weighted by Gasteiger charge is 2.38. The van der Waals surface area contributed by atoms with E-state index >= 15 is 0 Å². The summed E-state index contributed by atoms with van der Waals surface area (Å²) in [5, 5.41) is 12.6. The van der Waals surface area contributed by atoms with Crippen molar-refractivity contribution in [2.75, 3.05) is 16.8 Å². The normalized spacial score (nSPS) is 17.6. The van der Waals surface area contributed by atoms with E-state index in [2.05, 4.69) is 5.32 Å². The van der Waals surface area contributed by atoms with Crippen molar-refractivity contribution >= 4 is 45.6 Å². The Morgan fingerprint density at radius 3 is 2.65 bits per heavy atom. The van der Waals surface area contributed by atoms with E-state index in [0.717, 1.165) is 11.3 Å². The molecule has 0 aliphatic carbocycles. The lowest BCUT2D eigenvalue weighted by Gasteiger charge is -2.18. The molecule has 2 aromatic carbocycles. The predicted octanol–water partition coefficient (Wildman–Crippen LogP) is 3.55. The maximum Gasteiger partial charge on any atom is 0.247 e. The van der Waals surface area contributed by atoms with Gasteiger partial charge in [-0.25, -0.2) is 0 Å². The Bertz CT molecular complexity index is 764. The molecule has 0 radical (unpaired) electrons. The van der Waals surface area contributed by atoms with Gasteiger partial charge in [0.25, 0.3) is 0 Å². The summed E-state index contributed by atoms with van der Waals surface area (Å²) < 4.78 is 0.563. The number of hydrogen-bond acceptors (Lipinski definition) is 5. The average molecular weight is 344 g/mol. The summed E-state index contributed by atoms with van der Waals surface area (Å²) in [6.45, 7) is 2.37. The Morgan fingerprint density at radius 2 is 1.91 bits per heavy atom. The molecule has 4 nitrogen and oxygen atoms in total. The fraction of sp³-hybridized carbons (Fsp3) is 0.176. The van der Waals surface area contributed by atoms with E-state index in [4.69, 9.17) is 12.2 Å². The van der Waals surface area contributed by atoms with Crippen LogP contribution in [-0.4, -0.2) is 27.1 Å². The third kappa shape index (κ3) is 3.18. The Hall–Kier alpha value is -2.05. The number of thiocarbonyl (C=S) groups is 1. The highest BCUT2D eigenvalue weighted by Crippen LogP contribution is 2.34. The number of para-hydroxylation sites is 3. The molecule has 2 N–H and O–H groups in total. The van der Waals surface area contributed by atoms with Gasteiger partial charge in [0.2, 0.25) is 5.91 Å². The summed E-state index contributed by atoms with van der Waals surface area (Å²) in [5.41, 5.74) is 2.46. The van der Waals surface area contributed by atoms with Gasteiger partial charge in [0.15, 0.2) is 0 Å². The maximum atomic E-state index is 12.7. The van der Waals surface area contributed by atoms with Crippen LogP contribution in [0.1, 0.15) is 5.56 Å². The molecule has 23 heavy (non-hydrogen) atoms. The zero-order chi connectivity index (χ0) is 16.4. The zero-order valence-corrected chi connectivity index (χ0v) is 14.2. The Kier molecular flexibility index (Phi) is 4.54. The Morgan fingerprint density at radius 1 is 1.22 bits per heavy atom. The molecule has 0 bridgehead atoms.